The molecule has 15 heteroatoms. The molecule has 0 spiro atoms. The molecule has 0 saturated heterocycles. The van der Waals surface area contributed by atoms with Crippen molar-refractivity contribution < 1.29 is 62.0 Å². The summed E-state index contributed by atoms with van der Waals surface area (Å²) >= 11 is 7.17. The van der Waals surface area contributed by atoms with E-state index in [2.05, 4.69) is 0 Å². The highest BCUT2D eigenvalue weighted by Gasteiger charge is 2.34. The number of carbonyl (C=O) groups is 7. The molecule has 1 aromatic heterocycles. The number of carbonyl (C=O) groups excluding carboxylic acids is 7. The number of esters is 6. The lowest BCUT2D eigenvalue weighted by Crippen LogP contribution is -2.30. The van der Waals surface area contributed by atoms with Crippen molar-refractivity contribution in [3.05, 3.63) is 105 Å². The summed E-state index contributed by atoms with van der Waals surface area (Å²) in [7, 11) is 0. The first kappa shape index (κ1) is 46.4. The third-order valence-corrected chi connectivity index (χ3v) is 12.1. The molecule has 0 aliphatic heterocycles. The maximum Gasteiger partial charge on any atom is 0.314 e. The number of halogens is 1. The fourth-order valence-corrected chi connectivity index (χ4v) is 8.39. The van der Waals surface area contributed by atoms with E-state index in [1.54, 1.807) is 49.4 Å². The quantitative estimate of drug-likeness (QED) is 0.0478. The van der Waals surface area contributed by atoms with Crippen LogP contribution in [0.15, 0.2) is 78.9 Å². The van der Waals surface area contributed by atoms with Gasteiger partial charge >= 0.3 is 35.8 Å². The molecule has 0 atom stereocenters. The van der Waals surface area contributed by atoms with Crippen LogP contribution in [0.25, 0.3) is 6.08 Å². The number of ether oxygens (including phenoxy) is 6. The van der Waals surface area contributed by atoms with Crippen LogP contribution in [0.4, 0.5) is 0 Å². The Morgan fingerprint density at radius 1 is 0.587 bits per heavy atom. The number of allylic oxidation sites excluding steroid dienone is 1. The van der Waals surface area contributed by atoms with E-state index in [1.807, 2.05) is 12.1 Å². The van der Waals surface area contributed by atoms with Crippen LogP contribution in [-0.4, -0.2) is 48.2 Å². The molecule has 330 valence electrons. The van der Waals surface area contributed by atoms with E-state index < -0.39 is 41.6 Å². The molecule has 2 aliphatic rings. The van der Waals surface area contributed by atoms with Crippen LogP contribution < -0.4 is 23.7 Å². The third-order valence-electron chi connectivity index (χ3n) is 10.9. The molecule has 0 radical (unpaired) electrons. The molecule has 6 rings (SSSR count). The lowest BCUT2D eigenvalue weighted by molar-refractivity contribution is -0.145. The summed E-state index contributed by atoms with van der Waals surface area (Å²) < 4.78 is 33.5. The summed E-state index contributed by atoms with van der Waals surface area (Å²) in [6.07, 6.45) is 6.63. The second-order valence-electron chi connectivity index (χ2n) is 15.5. The first-order valence-electron chi connectivity index (χ1n) is 20.7. The Balaban J connectivity index is 1.03. The smallest absolute Gasteiger partial charge is 0.314 e. The molecule has 2 aliphatic carbocycles. The average molecular weight is 899 g/mol. The number of ketones is 1. The number of thiophene rings is 1. The van der Waals surface area contributed by atoms with Gasteiger partial charge < -0.3 is 28.4 Å². The van der Waals surface area contributed by atoms with Crippen molar-refractivity contribution in [1.29, 1.82) is 0 Å². The first-order chi connectivity index (χ1) is 30.2. The van der Waals surface area contributed by atoms with Crippen molar-refractivity contribution in [3.63, 3.8) is 0 Å². The van der Waals surface area contributed by atoms with E-state index in [4.69, 9.17) is 40.0 Å². The largest absolute Gasteiger partial charge is 0.466 e. The van der Waals surface area contributed by atoms with Gasteiger partial charge in [0.05, 0.1) is 39.5 Å². The maximum atomic E-state index is 13.5. The summed E-state index contributed by atoms with van der Waals surface area (Å²) in [5.74, 6) is -3.22. The van der Waals surface area contributed by atoms with Crippen LogP contribution >= 0.6 is 22.9 Å². The number of benzene rings is 3. The predicted molar refractivity (Wildman–Crippen MR) is 232 cm³/mol. The molecule has 0 bridgehead atoms. The van der Waals surface area contributed by atoms with Gasteiger partial charge in [0, 0.05) is 25.8 Å². The zero-order valence-corrected chi connectivity index (χ0v) is 36.6. The minimum absolute atomic E-state index is 0.151. The van der Waals surface area contributed by atoms with E-state index in [1.165, 1.54) is 44.2 Å². The minimum Gasteiger partial charge on any atom is -0.466 e. The fourth-order valence-electron chi connectivity index (χ4n) is 7.42. The molecule has 4 aromatic rings. The van der Waals surface area contributed by atoms with Gasteiger partial charge in [-0.1, -0.05) is 23.7 Å². The van der Waals surface area contributed by atoms with Gasteiger partial charge in [-0.2, -0.15) is 0 Å². The Hall–Kier alpha value is -6.12. The van der Waals surface area contributed by atoms with Crippen molar-refractivity contribution in [2.45, 2.75) is 78.6 Å². The van der Waals surface area contributed by atoms with Crippen molar-refractivity contribution in [1.82, 2.24) is 0 Å². The highest BCUT2D eigenvalue weighted by Crippen LogP contribution is 2.36. The number of aryl methyl sites for hydroxylation is 1. The van der Waals surface area contributed by atoms with Crippen LogP contribution in [0, 0.1) is 30.6 Å². The van der Waals surface area contributed by atoms with E-state index in [9.17, 15) is 33.6 Å². The van der Waals surface area contributed by atoms with Gasteiger partial charge in [-0.3, -0.25) is 33.6 Å². The monoisotopic (exact) mass is 898 g/mol. The Morgan fingerprint density at radius 3 is 1.59 bits per heavy atom. The Morgan fingerprint density at radius 2 is 1.08 bits per heavy atom. The predicted octanol–water partition coefficient (Wildman–Crippen LogP) is 9.27. The van der Waals surface area contributed by atoms with Gasteiger partial charge in [-0.05, 0) is 142 Å². The van der Waals surface area contributed by atoms with E-state index in [0.717, 1.165) is 16.9 Å². The van der Waals surface area contributed by atoms with Crippen molar-refractivity contribution in [3.8, 4) is 28.7 Å². The molecule has 2 fully saturated rings. The normalized spacial score (nSPS) is 18.5. The van der Waals surface area contributed by atoms with Crippen LogP contribution in [0.5, 0.6) is 28.7 Å². The molecule has 63 heavy (non-hydrogen) atoms. The second kappa shape index (κ2) is 21.8. The van der Waals surface area contributed by atoms with Crippen LogP contribution in [0.3, 0.4) is 0 Å². The topological polar surface area (TPSA) is 175 Å². The van der Waals surface area contributed by atoms with Gasteiger partial charge in [-0.15, -0.1) is 11.3 Å². The van der Waals surface area contributed by atoms with Crippen molar-refractivity contribution >= 4 is 70.6 Å². The lowest BCUT2D eigenvalue weighted by Gasteiger charge is -2.26. The number of rotatable bonds is 15. The van der Waals surface area contributed by atoms with E-state index >= 15 is 0 Å². The zero-order valence-electron chi connectivity index (χ0n) is 35.1. The van der Waals surface area contributed by atoms with Gasteiger partial charge in [-0.25, -0.2) is 0 Å². The van der Waals surface area contributed by atoms with E-state index in [0.29, 0.717) is 95.4 Å². The Bertz CT molecular complexity index is 2370. The van der Waals surface area contributed by atoms with Gasteiger partial charge in [0.15, 0.2) is 5.78 Å². The SMILES string of the molecule is CC(=O)OCCc1ccc(OC(=O)C2CCC(C(=O)Oc3ccc(OC(=O)C4CCC(C(=O)Oc5ccc(OC(C)=O)cc5C)CC4)c(/C=C/C(=O)c4ccc(Cl)s4)c3)CC2)cc1. The Kier molecular flexibility index (Phi) is 16.0. The highest BCUT2D eigenvalue weighted by molar-refractivity contribution is 7.18. The summed E-state index contributed by atoms with van der Waals surface area (Å²) in [5.41, 5.74) is 1.88. The summed E-state index contributed by atoms with van der Waals surface area (Å²) in [6.45, 7) is 4.66. The molecule has 13 nitrogen and oxygen atoms in total. The zero-order chi connectivity index (χ0) is 45.0. The van der Waals surface area contributed by atoms with Gasteiger partial charge in [0.25, 0.3) is 0 Å². The third kappa shape index (κ3) is 13.4. The van der Waals surface area contributed by atoms with E-state index in [-0.39, 0.29) is 41.7 Å². The Labute approximate surface area is 373 Å². The molecule has 0 N–H and O–H groups in total. The summed E-state index contributed by atoms with van der Waals surface area (Å²) in [4.78, 5) is 88.6. The number of hydrogen-bond acceptors (Lipinski definition) is 14. The first-order valence-corrected chi connectivity index (χ1v) is 21.9. The molecule has 3 aromatic carbocycles. The van der Waals surface area contributed by atoms with Crippen molar-refractivity contribution in [2.75, 3.05) is 6.61 Å². The van der Waals surface area contributed by atoms with Gasteiger partial charge in [0.2, 0.25) is 0 Å². The average Bonchev–Trinajstić information content (AvgIpc) is 3.71. The minimum atomic E-state index is -0.502. The maximum absolute atomic E-state index is 13.5. The number of hydrogen-bond donors (Lipinski definition) is 0. The van der Waals surface area contributed by atoms with Crippen LogP contribution in [-0.2, 0) is 39.9 Å². The molecular formula is C48H47ClO13S. The molecule has 2 saturated carbocycles. The fraction of sp³-hybridized carbons (Fsp3) is 0.354. The standard InChI is InChI=1S/C48H47ClO13S/c1-28-26-38(58-30(3)51)17-20-41(28)61-47(55)34-10-12-35(13-11-34)48(56)62-42-21-18-39(27-36(42)14-19-40(52)43-22-23-44(49)63-43)60-46(54)33-8-6-32(7-9-33)45(53)59-37-15-4-31(5-16-37)24-25-57-29(2)50/h4-5,14-23,26-27,32-35H,6-13,24-25H2,1-3H3/b19-14+. The molecular weight excluding hydrogens is 852 g/mol. The van der Waals surface area contributed by atoms with Crippen molar-refractivity contribution in [2.24, 2.45) is 23.7 Å². The molecule has 0 amide bonds. The van der Waals surface area contributed by atoms with Crippen LogP contribution in [0.1, 0.15) is 91.6 Å². The summed E-state index contributed by atoms with van der Waals surface area (Å²) in [6, 6.07) is 19.5. The second-order valence-corrected chi connectivity index (χ2v) is 17.3. The molecule has 0 unspecified atom stereocenters. The lowest BCUT2D eigenvalue weighted by atomic mass is 9.82. The highest BCUT2D eigenvalue weighted by atomic mass is 35.5. The van der Waals surface area contributed by atoms with Crippen LogP contribution in [0.2, 0.25) is 4.34 Å². The molecule has 1 heterocycles. The van der Waals surface area contributed by atoms with Gasteiger partial charge in [0.1, 0.15) is 28.7 Å². The summed E-state index contributed by atoms with van der Waals surface area (Å²) in [5, 5.41) is 0.